The normalized spacial score (nSPS) is 14.0. The van der Waals surface area contributed by atoms with Crippen molar-refractivity contribution in [3.8, 4) is 0 Å². The molecule has 116 valence electrons. The molecule has 2 rings (SSSR count). The summed E-state index contributed by atoms with van der Waals surface area (Å²) in [5.74, 6) is 0.538. The largest absolute Gasteiger partial charge is 0.359 e. The molecule has 21 heavy (non-hydrogen) atoms. The highest BCUT2D eigenvalue weighted by molar-refractivity contribution is 7.51. The summed E-state index contributed by atoms with van der Waals surface area (Å²) in [6, 6.07) is 0. The van der Waals surface area contributed by atoms with E-state index in [1.54, 1.807) is 6.92 Å². The predicted octanol–water partition coefficient (Wildman–Crippen LogP) is 0.761. The van der Waals surface area contributed by atoms with E-state index < -0.39 is 26.5 Å². The van der Waals surface area contributed by atoms with Crippen molar-refractivity contribution in [2.45, 2.75) is 25.9 Å². The molecule has 0 aliphatic rings. The Morgan fingerprint density at radius 3 is 2.76 bits per heavy atom. The summed E-state index contributed by atoms with van der Waals surface area (Å²) >= 11 is 0. The standard InChI is InChI=1S/C10H13F2N4O4P/c1-6-13-4-14-10-7(3-15-16(6)10)2-8(9(11)12)20-5-21(17,18)19/h3-4,8-9H,2,5H2,1H3,(H2,17,18,19)/t8-/m1/s1. The quantitative estimate of drug-likeness (QED) is 0.756. The number of rotatable bonds is 6. The Labute approximate surface area is 117 Å². The van der Waals surface area contributed by atoms with Crippen molar-refractivity contribution in [3.63, 3.8) is 0 Å². The molecule has 0 aliphatic carbocycles. The third-order valence-electron chi connectivity index (χ3n) is 2.71. The van der Waals surface area contributed by atoms with Crippen molar-refractivity contribution >= 4 is 13.2 Å². The second-order valence-corrected chi connectivity index (χ2v) is 5.95. The number of aromatic nitrogens is 4. The molecular weight excluding hydrogens is 309 g/mol. The van der Waals surface area contributed by atoms with Crippen LogP contribution in [0.5, 0.6) is 0 Å². The van der Waals surface area contributed by atoms with Gasteiger partial charge in [-0.15, -0.1) is 0 Å². The van der Waals surface area contributed by atoms with E-state index in [0.29, 0.717) is 17.0 Å². The van der Waals surface area contributed by atoms with Crippen molar-refractivity contribution in [1.29, 1.82) is 0 Å². The van der Waals surface area contributed by atoms with Crippen LogP contribution in [0.15, 0.2) is 12.5 Å². The fourth-order valence-corrected chi connectivity index (χ4v) is 2.13. The molecule has 2 aromatic heterocycles. The molecule has 0 spiro atoms. The lowest BCUT2D eigenvalue weighted by Crippen LogP contribution is -2.25. The van der Waals surface area contributed by atoms with Crippen molar-refractivity contribution in [2.75, 3.05) is 6.35 Å². The fourth-order valence-electron chi connectivity index (χ4n) is 1.75. The number of halogens is 2. The maximum Gasteiger partial charge on any atom is 0.350 e. The lowest BCUT2D eigenvalue weighted by atomic mass is 10.1. The molecule has 0 fully saturated rings. The molecule has 0 saturated carbocycles. The van der Waals surface area contributed by atoms with Crippen LogP contribution in [0.2, 0.25) is 0 Å². The van der Waals surface area contributed by atoms with Crippen LogP contribution in [0.1, 0.15) is 11.4 Å². The lowest BCUT2D eigenvalue weighted by molar-refractivity contribution is -0.0425. The molecule has 2 N–H and O–H groups in total. The zero-order valence-electron chi connectivity index (χ0n) is 10.9. The van der Waals surface area contributed by atoms with Crippen molar-refractivity contribution in [1.82, 2.24) is 19.6 Å². The number of ether oxygens (including phenoxy) is 1. The molecule has 0 radical (unpaired) electrons. The summed E-state index contributed by atoms with van der Waals surface area (Å²) in [6.07, 6.45) is -3.24. The van der Waals surface area contributed by atoms with Gasteiger partial charge >= 0.3 is 7.60 Å². The highest BCUT2D eigenvalue weighted by Gasteiger charge is 2.27. The molecule has 0 aromatic carbocycles. The smallest absolute Gasteiger partial charge is 0.350 e. The average molecular weight is 322 g/mol. The summed E-state index contributed by atoms with van der Waals surface area (Å²) < 4.78 is 42.5. The van der Waals surface area contributed by atoms with Gasteiger partial charge in [0, 0.05) is 12.0 Å². The van der Waals surface area contributed by atoms with E-state index in [1.165, 1.54) is 17.0 Å². The Morgan fingerprint density at radius 1 is 1.43 bits per heavy atom. The van der Waals surface area contributed by atoms with Crippen LogP contribution < -0.4 is 0 Å². The maximum atomic E-state index is 12.9. The van der Waals surface area contributed by atoms with Crippen LogP contribution in [-0.2, 0) is 15.7 Å². The Bertz CT molecular complexity index is 674. The van der Waals surface area contributed by atoms with Gasteiger partial charge in [-0.1, -0.05) is 0 Å². The van der Waals surface area contributed by atoms with E-state index in [2.05, 4.69) is 19.8 Å². The number of aryl methyl sites for hydroxylation is 1. The van der Waals surface area contributed by atoms with E-state index in [0.717, 1.165) is 0 Å². The van der Waals surface area contributed by atoms with E-state index in [1.807, 2.05) is 0 Å². The van der Waals surface area contributed by atoms with Crippen molar-refractivity contribution in [3.05, 3.63) is 23.9 Å². The molecule has 11 heteroatoms. The van der Waals surface area contributed by atoms with Crippen molar-refractivity contribution < 1.29 is 27.9 Å². The van der Waals surface area contributed by atoms with Gasteiger partial charge < -0.3 is 14.5 Å². The van der Waals surface area contributed by atoms with Crippen LogP contribution in [0, 0.1) is 6.92 Å². The Hall–Kier alpha value is -1.48. The van der Waals surface area contributed by atoms with Gasteiger partial charge in [-0.2, -0.15) is 5.10 Å². The molecular formula is C10H13F2N4O4P. The number of hydrogen-bond acceptors (Lipinski definition) is 5. The number of nitrogens with zero attached hydrogens (tertiary/aromatic N) is 4. The SMILES string of the molecule is Cc1ncnc2c(C[C@@H](OCP(=O)(O)O)C(F)F)cnn12. The Morgan fingerprint density at radius 2 is 2.14 bits per heavy atom. The van der Waals surface area contributed by atoms with Crippen molar-refractivity contribution in [2.24, 2.45) is 0 Å². The van der Waals surface area contributed by atoms with Gasteiger partial charge in [0.15, 0.2) is 5.65 Å². The second-order valence-electron chi connectivity index (χ2n) is 4.36. The third-order valence-corrected chi connectivity index (χ3v) is 3.19. The third kappa shape index (κ3) is 4.01. The van der Waals surface area contributed by atoms with Crippen LogP contribution >= 0.6 is 7.60 Å². The van der Waals surface area contributed by atoms with E-state index in [-0.39, 0.29) is 6.42 Å². The highest BCUT2D eigenvalue weighted by atomic mass is 31.2. The number of alkyl halides is 2. The minimum atomic E-state index is -4.51. The topological polar surface area (TPSA) is 110 Å². The molecule has 0 saturated heterocycles. The summed E-state index contributed by atoms with van der Waals surface area (Å²) in [6.45, 7) is 1.68. The van der Waals surface area contributed by atoms with Crippen LogP contribution in [0.25, 0.3) is 5.65 Å². The van der Waals surface area contributed by atoms with Gasteiger partial charge in [0.2, 0.25) is 0 Å². The molecule has 0 amide bonds. The molecule has 8 nitrogen and oxygen atoms in total. The van der Waals surface area contributed by atoms with Crippen LogP contribution in [0.4, 0.5) is 8.78 Å². The van der Waals surface area contributed by atoms with E-state index in [4.69, 9.17) is 9.79 Å². The maximum absolute atomic E-state index is 12.9. The Kier molecular flexibility index (Phi) is 4.62. The van der Waals surface area contributed by atoms with Gasteiger partial charge in [-0.3, -0.25) is 4.57 Å². The molecule has 2 aromatic rings. The Balaban J connectivity index is 2.19. The van der Waals surface area contributed by atoms with Gasteiger partial charge in [-0.05, 0) is 6.92 Å². The minimum absolute atomic E-state index is 0.266. The molecule has 0 unspecified atom stereocenters. The predicted molar refractivity (Wildman–Crippen MR) is 67.0 cm³/mol. The van der Waals surface area contributed by atoms with Gasteiger partial charge in [-0.25, -0.2) is 23.3 Å². The van der Waals surface area contributed by atoms with Gasteiger partial charge in [0.1, 0.15) is 24.6 Å². The first kappa shape index (κ1) is 15.9. The van der Waals surface area contributed by atoms with Gasteiger partial charge in [0.25, 0.3) is 6.43 Å². The fraction of sp³-hybridized carbons (Fsp3) is 0.500. The molecule has 1 atom stereocenters. The van der Waals surface area contributed by atoms with Crippen LogP contribution in [-0.4, -0.2) is 48.2 Å². The summed E-state index contributed by atoms with van der Waals surface area (Å²) in [7, 11) is -4.51. The zero-order chi connectivity index (χ0) is 15.6. The van der Waals surface area contributed by atoms with E-state index >= 15 is 0 Å². The number of fused-ring (bicyclic) bond motifs is 1. The molecule has 0 aliphatic heterocycles. The highest BCUT2D eigenvalue weighted by Crippen LogP contribution is 2.35. The first-order valence-corrected chi connectivity index (χ1v) is 7.66. The second kappa shape index (κ2) is 6.10. The zero-order valence-corrected chi connectivity index (χ0v) is 11.8. The average Bonchev–Trinajstić information content (AvgIpc) is 2.77. The lowest BCUT2D eigenvalue weighted by Gasteiger charge is -2.16. The molecule has 0 bridgehead atoms. The first-order chi connectivity index (χ1) is 9.78. The number of hydrogen-bond donors (Lipinski definition) is 2. The monoisotopic (exact) mass is 322 g/mol. The minimum Gasteiger partial charge on any atom is -0.359 e. The first-order valence-electron chi connectivity index (χ1n) is 5.86. The van der Waals surface area contributed by atoms with Crippen LogP contribution in [0.3, 0.4) is 0 Å². The van der Waals surface area contributed by atoms with Gasteiger partial charge in [0.05, 0.1) is 6.20 Å². The summed E-state index contributed by atoms with van der Waals surface area (Å²) in [5.41, 5.74) is 0.740. The van der Waals surface area contributed by atoms with E-state index in [9.17, 15) is 13.3 Å². The molecule has 2 heterocycles. The summed E-state index contributed by atoms with van der Waals surface area (Å²) in [4.78, 5) is 25.2. The summed E-state index contributed by atoms with van der Waals surface area (Å²) in [5, 5.41) is 3.98.